The molecule has 1 fully saturated rings. The first-order valence-corrected chi connectivity index (χ1v) is 8.20. The lowest BCUT2D eigenvalue weighted by atomic mass is 9.71. The van der Waals surface area contributed by atoms with Gasteiger partial charge in [0.2, 0.25) is 0 Å². The van der Waals surface area contributed by atoms with E-state index in [-0.39, 0.29) is 18.1 Å². The van der Waals surface area contributed by atoms with Crippen LogP contribution in [0.25, 0.3) is 0 Å². The maximum Gasteiger partial charge on any atom is 0.151 e. The van der Waals surface area contributed by atoms with Crippen molar-refractivity contribution < 1.29 is 13.5 Å². The normalized spacial score (nSPS) is 31.2. The fraction of sp³-hybridized carbons (Fsp3) is 0.636. The molecule has 1 aliphatic rings. The summed E-state index contributed by atoms with van der Waals surface area (Å²) in [4.78, 5) is 0.778. The number of nitrogens with two attached hydrogens (primary N) is 1. The Labute approximate surface area is 105 Å². The van der Waals surface area contributed by atoms with E-state index in [9.17, 15) is 13.5 Å². The van der Waals surface area contributed by atoms with Gasteiger partial charge in [0, 0.05) is 16.8 Å². The van der Waals surface area contributed by atoms with Crippen molar-refractivity contribution in [2.75, 3.05) is 18.1 Å². The van der Waals surface area contributed by atoms with Gasteiger partial charge in [-0.15, -0.1) is 11.3 Å². The van der Waals surface area contributed by atoms with Crippen molar-refractivity contribution in [2.24, 2.45) is 11.1 Å². The molecular weight excluding hydrogens is 258 g/mol. The summed E-state index contributed by atoms with van der Waals surface area (Å²) in [6.07, 6.45) is 0.427. The highest BCUT2D eigenvalue weighted by Gasteiger charge is 2.54. The Bertz CT molecular complexity index is 493. The molecule has 2 unspecified atom stereocenters. The zero-order valence-electron chi connectivity index (χ0n) is 9.72. The first-order chi connectivity index (χ1) is 7.83. The van der Waals surface area contributed by atoms with Crippen LogP contribution in [0.4, 0.5) is 0 Å². The van der Waals surface area contributed by atoms with Crippen LogP contribution >= 0.6 is 11.3 Å². The average molecular weight is 275 g/mol. The number of hydrogen-bond donors (Lipinski definition) is 2. The molecule has 0 aliphatic carbocycles. The van der Waals surface area contributed by atoms with Gasteiger partial charge in [0.25, 0.3) is 0 Å². The van der Waals surface area contributed by atoms with Crippen LogP contribution in [0.1, 0.15) is 18.2 Å². The molecule has 2 rings (SSSR count). The molecule has 0 saturated carbocycles. The van der Waals surface area contributed by atoms with E-state index >= 15 is 0 Å². The van der Waals surface area contributed by atoms with Crippen molar-refractivity contribution in [3.63, 3.8) is 0 Å². The average Bonchev–Trinajstić information content (AvgIpc) is 2.85. The molecule has 1 aromatic heterocycles. The molecule has 4 nitrogen and oxygen atoms in total. The Morgan fingerprint density at radius 1 is 1.65 bits per heavy atom. The molecule has 2 heterocycles. The van der Waals surface area contributed by atoms with Gasteiger partial charge in [0.1, 0.15) is 5.60 Å². The summed E-state index contributed by atoms with van der Waals surface area (Å²) in [6.45, 7) is 1.85. The van der Waals surface area contributed by atoms with E-state index in [0.717, 1.165) is 4.88 Å². The lowest BCUT2D eigenvalue weighted by molar-refractivity contribution is -0.0552. The minimum atomic E-state index is -3.08. The van der Waals surface area contributed by atoms with Gasteiger partial charge in [-0.25, -0.2) is 8.42 Å². The van der Waals surface area contributed by atoms with Crippen molar-refractivity contribution in [1.29, 1.82) is 0 Å². The van der Waals surface area contributed by atoms with E-state index in [4.69, 9.17) is 5.73 Å². The molecule has 6 heteroatoms. The lowest BCUT2D eigenvalue weighted by Crippen LogP contribution is -2.49. The largest absolute Gasteiger partial charge is 0.384 e. The van der Waals surface area contributed by atoms with E-state index < -0.39 is 20.9 Å². The second-order valence-electron chi connectivity index (χ2n) is 4.88. The van der Waals surface area contributed by atoms with E-state index in [1.807, 2.05) is 17.5 Å². The molecular formula is C11H17NO3S2. The second kappa shape index (κ2) is 4.05. The van der Waals surface area contributed by atoms with Gasteiger partial charge in [-0.3, -0.25) is 0 Å². The smallest absolute Gasteiger partial charge is 0.151 e. The first-order valence-electron chi connectivity index (χ1n) is 5.50. The van der Waals surface area contributed by atoms with Gasteiger partial charge >= 0.3 is 0 Å². The Hall–Kier alpha value is -0.430. The summed E-state index contributed by atoms with van der Waals surface area (Å²) in [5, 5.41) is 12.6. The van der Waals surface area contributed by atoms with E-state index in [0.29, 0.717) is 6.42 Å². The summed E-state index contributed by atoms with van der Waals surface area (Å²) < 4.78 is 23.3. The molecule has 0 aromatic carbocycles. The van der Waals surface area contributed by atoms with Crippen molar-refractivity contribution in [3.05, 3.63) is 22.4 Å². The molecule has 2 atom stereocenters. The topological polar surface area (TPSA) is 80.4 Å². The Balaban J connectivity index is 2.43. The van der Waals surface area contributed by atoms with Crippen molar-refractivity contribution in [1.82, 2.24) is 0 Å². The molecule has 3 N–H and O–H groups in total. The van der Waals surface area contributed by atoms with Gasteiger partial charge in [0.15, 0.2) is 9.84 Å². The highest BCUT2D eigenvalue weighted by molar-refractivity contribution is 7.91. The Kier molecular flexibility index (Phi) is 3.10. The summed E-state index contributed by atoms with van der Waals surface area (Å²) in [7, 11) is -3.08. The summed E-state index contributed by atoms with van der Waals surface area (Å²) in [6, 6.07) is 3.68. The zero-order valence-corrected chi connectivity index (χ0v) is 11.4. The van der Waals surface area contributed by atoms with E-state index in [1.165, 1.54) is 11.3 Å². The predicted octanol–water partition coefficient (Wildman–Crippen LogP) is 0.719. The molecule has 0 amide bonds. The molecule has 1 saturated heterocycles. The van der Waals surface area contributed by atoms with Gasteiger partial charge in [0.05, 0.1) is 11.5 Å². The standard InChI is InChI=1S/C11H17NO3S2/c1-10(13,9-3-2-5-16-9)11(7-12)4-6-17(14,15)8-11/h2-3,5,13H,4,6-8,12H2,1H3. The van der Waals surface area contributed by atoms with Crippen molar-refractivity contribution >= 4 is 21.2 Å². The third kappa shape index (κ3) is 2.03. The SMILES string of the molecule is CC(O)(c1cccs1)C1(CN)CCS(=O)(=O)C1. The van der Waals surface area contributed by atoms with Crippen molar-refractivity contribution in [2.45, 2.75) is 18.9 Å². The van der Waals surface area contributed by atoms with Crippen LogP contribution in [0.15, 0.2) is 17.5 Å². The number of aliphatic hydroxyl groups is 1. The van der Waals surface area contributed by atoms with E-state index in [2.05, 4.69) is 0 Å². The molecule has 96 valence electrons. The summed E-state index contributed by atoms with van der Waals surface area (Å²) >= 11 is 1.43. The van der Waals surface area contributed by atoms with Crippen LogP contribution in [0.5, 0.6) is 0 Å². The highest BCUT2D eigenvalue weighted by Crippen LogP contribution is 2.47. The fourth-order valence-corrected chi connectivity index (χ4v) is 5.61. The number of thiophene rings is 1. The van der Waals surface area contributed by atoms with Gasteiger partial charge < -0.3 is 10.8 Å². The Morgan fingerprint density at radius 3 is 2.76 bits per heavy atom. The maximum absolute atomic E-state index is 11.7. The molecule has 1 aromatic rings. The van der Waals surface area contributed by atoms with E-state index in [1.54, 1.807) is 6.92 Å². The van der Waals surface area contributed by atoms with Gasteiger partial charge in [-0.2, -0.15) is 0 Å². The quantitative estimate of drug-likeness (QED) is 0.852. The second-order valence-corrected chi connectivity index (χ2v) is 8.01. The molecule has 0 radical (unpaired) electrons. The molecule has 1 aliphatic heterocycles. The van der Waals surface area contributed by atoms with Crippen LogP contribution in [0.3, 0.4) is 0 Å². The number of hydrogen-bond acceptors (Lipinski definition) is 5. The molecule has 0 bridgehead atoms. The monoisotopic (exact) mass is 275 g/mol. The number of sulfone groups is 1. The summed E-state index contributed by atoms with van der Waals surface area (Å²) in [5.41, 5.74) is 3.83. The maximum atomic E-state index is 11.7. The fourth-order valence-electron chi connectivity index (χ4n) is 2.48. The van der Waals surface area contributed by atoms with Crippen LogP contribution < -0.4 is 5.73 Å². The first kappa shape index (κ1) is 13.0. The van der Waals surface area contributed by atoms with Crippen molar-refractivity contribution in [3.8, 4) is 0 Å². The third-order valence-corrected chi connectivity index (χ3v) is 6.71. The van der Waals surface area contributed by atoms with Crippen LogP contribution in [0, 0.1) is 5.41 Å². The third-order valence-electron chi connectivity index (χ3n) is 3.81. The Morgan fingerprint density at radius 2 is 2.35 bits per heavy atom. The van der Waals surface area contributed by atoms with Gasteiger partial charge in [-0.1, -0.05) is 6.07 Å². The van der Waals surface area contributed by atoms with Crippen LogP contribution in [-0.2, 0) is 15.4 Å². The minimum Gasteiger partial charge on any atom is -0.384 e. The van der Waals surface area contributed by atoms with Crippen LogP contribution in [0.2, 0.25) is 0 Å². The predicted molar refractivity (Wildman–Crippen MR) is 68.6 cm³/mol. The summed E-state index contributed by atoms with van der Waals surface area (Å²) in [5.74, 6) is 0.0904. The van der Waals surface area contributed by atoms with Crippen LogP contribution in [-0.4, -0.2) is 31.6 Å². The lowest BCUT2D eigenvalue weighted by Gasteiger charge is -2.40. The highest BCUT2D eigenvalue weighted by atomic mass is 32.2. The molecule has 17 heavy (non-hydrogen) atoms. The zero-order chi connectivity index (χ0) is 12.7. The number of rotatable bonds is 3. The molecule has 0 spiro atoms. The minimum absolute atomic E-state index is 0.0264. The van der Waals surface area contributed by atoms with Gasteiger partial charge in [-0.05, 0) is 24.8 Å².